The molecule has 0 saturated heterocycles. The molecule has 0 saturated carbocycles. The Labute approximate surface area is 178 Å². The zero-order chi connectivity index (χ0) is 21.1. The lowest BCUT2D eigenvalue weighted by molar-refractivity contribution is 0.339. The second-order valence-corrected chi connectivity index (χ2v) is 10.9. The van der Waals surface area contributed by atoms with Crippen molar-refractivity contribution in [3.05, 3.63) is 95.0 Å². The molecular formula is C20H17BrFNO4S2. The fourth-order valence-corrected chi connectivity index (χ4v) is 7.25. The Balaban J connectivity index is 2.27. The lowest BCUT2D eigenvalue weighted by Gasteiger charge is -2.29. The number of halogens is 2. The van der Waals surface area contributed by atoms with E-state index in [-0.39, 0.29) is 19.1 Å². The van der Waals surface area contributed by atoms with Gasteiger partial charge < -0.3 is 0 Å². The van der Waals surface area contributed by atoms with Crippen LogP contribution in [0.4, 0.5) is 4.39 Å². The van der Waals surface area contributed by atoms with Crippen LogP contribution in [-0.2, 0) is 20.0 Å². The highest BCUT2D eigenvalue weighted by Gasteiger charge is 2.43. The van der Waals surface area contributed by atoms with Gasteiger partial charge in [0.25, 0.3) is 20.0 Å². The van der Waals surface area contributed by atoms with E-state index in [4.69, 9.17) is 0 Å². The van der Waals surface area contributed by atoms with Gasteiger partial charge in [-0.2, -0.15) is 0 Å². The van der Waals surface area contributed by atoms with E-state index in [0.717, 1.165) is 0 Å². The van der Waals surface area contributed by atoms with Crippen molar-refractivity contribution in [2.45, 2.75) is 15.8 Å². The predicted octanol–water partition coefficient (Wildman–Crippen LogP) is 4.54. The predicted molar refractivity (Wildman–Crippen MR) is 112 cm³/mol. The van der Waals surface area contributed by atoms with Crippen molar-refractivity contribution in [2.24, 2.45) is 0 Å². The molecule has 152 valence electrons. The van der Waals surface area contributed by atoms with Crippen molar-refractivity contribution in [1.82, 2.24) is 3.71 Å². The molecule has 0 aliphatic carbocycles. The lowest BCUT2D eigenvalue weighted by atomic mass is 10.1. The molecule has 0 aliphatic heterocycles. The van der Waals surface area contributed by atoms with Gasteiger partial charge in [-0.15, -0.1) is 0 Å². The molecule has 0 spiro atoms. The maximum absolute atomic E-state index is 14.2. The first kappa shape index (κ1) is 21.6. The number of hydrogen-bond donors (Lipinski definition) is 0. The van der Waals surface area contributed by atoms with Crippen LogP contribution < -0.4 is 0 Å². The van der Waals surface area contributed by atoms with Crippen molar-refractivity contribution in [3.8, 4) is 0 Å². The summed E-state index contributed by atoms with van der Waals surface area (Å²) in [6, 6.07) is 18.9. The molecule has 29 heavy (non-hydrogen) atoms. The molecule has 0 N–H and O–H groups in total. The smallest absolute Gasteiger partial charge is 0.249 e. The summed E-state index contributed by atoms with van der Waals surface area (Å²) in [5.74, 6) is 0. The van der Waals surface area contributed by atoms with Gasteiger partial charge in [0.15, 0.2) is 0 Å². The minimum atomic E-state index is -4.59. The highest BCUT2D eigenvalue weighted by molar-refractivity contribution is 9.10. The first-order chi connectivity index (χ1) is 13.8. The van der Waals surface area contributed by atoms with Crippen LogP contribution in [0.5, 0.6) is 0 Å². The Bertz CT molecular complexity index is 1120. The van der Waals surface area contributed by atoms with Gasteiger partial charge in [-0.05, 0) is 42.0 Å². The third kappa shape index (κ3) is 4.42. The van der Waals surface area contributed by atoms with Gasteiger partial charge in [-0.1, -0.05) is 68.2 Å². The summed E-state index contributed by atoms with van der Waals surface area (Å²) < 4.78 is 68.6. The molecule has 9 heteroatoms. The van der Waals surface area contributed by atoms with Gasteiger partial charge >= 0.3 is 0 Å². The van der Waals surface area contributed by atoms with Gasteiger partial charge in [-0.25, -0.2) is 21.2 Å². The first-order valence-corrected chi connectivity index (χ1v) is 12.2. The van der Waals surface area contributed by atoms with E-state index in [0.29, 0.717) is 4.47 Å². The highest BCUT2D eigenvalue weighted by Crippen LogP contribution is 2.35. The maximum Gasteiger partial charge on any atom is 0.257 e. The summed E-state index contributed by atoms with van der Waals surface area (Å²) in [5, 5.41) is 0. The van der Waals surface area contributed by atoms with E-state index in [1.165, 1.54) is 60.7 Å². The van der Waals surface area contributed by atoms with Crippen LogP contribution in [0.15, 0.2) is 99.2 Å². The van der Waals surface area contributed by atoms with E-state index >= 15 is 0 Å². The second-order valence-electron chi connectivity index (χ2n) is 6.09. The van der Waals surface area contributed by atoms with Crippen molar-refractivity contribution >= 4 is 36.0 Å². The molecule has 0 aromatic heterocycles. The SMILES string of the molecule is O=S(=O)(c1ccccc1)N(C(CF)c1cccc(Br)c1)S(=O)(=O)c1ccccc1. The monoisotopic (exact) mass is 497 g/mol. The molecule has 0 fully saturated rings. The van der Waals surface area contributed by atoms with Crippen LogP contribution in [0.25, 0.3) is 0 Å². The summed E-state index contributed by atoms with van der Waals surface area (Å²) in [4.78, 5) is -0.485. The molecule has 0 heterocycles. The Morgan fingerprint density at radius 3 is 1.66 bits per heavy atom. The largest absolute Gasteiger partial charge is 0.257 e. The number of nitrogens with zero attached hydrogens (tertiary/aromatic N) is 1. The summed E-state index contributed by atoms with van der Waals surface area (Å²) in [6.45, 7) is -1.23. The van der Waals surface area contributed by atoms with Crippen LogP contribution in [0.2, 0.25) is 0 Å². The van der Waals surface area contributed by atoms with Crippen LogP contribution in [-0.4, -0.2) is 27.2 Å². The van der Waals surface area contributed by atoms with E-state index in [1.807, 2.05) is 0 Å². The summed E-state index contributed by atoms with van der Waals surface area (Å²) in [5.41, 5.74) is 0.209. The molecule has 1 unspecified atom stereocenters. The molecule has 0 bridgehead atoms. The molecule has 3 rings (SSSR count). The molecule has 1 atom stereocenters. The molecule has 3 aromatic carbocycles. The average molecular weight is 498 g/mol. The average Bonchev–Trinajstić information content (AvgIpc) is 2.72. The van der Waals surface area contributed by atoms with Gasteiger partial charge in [0.1, 0.15) is 6.67 Å². The minimum Gasteiger partial charge on any atom is -0.249 e. The van der Waals surface area contributed by atoms with E-state index in [2.05, 4.69) is 15.9 Å². The zero-order valence-corrected chi connectivity index (χ0v) is 18.2. The number of sulfonamides is 2. The molecular weight excluding hydrogens is 481 g/mol. The third-order valence-corrected chi connectivity index (χ3v) is 9.05. The number of hydrogen-bond acceptors (Lipinski definition) is 4. The quantitative estimate of drug-likeness (QED) is 0.480. The Morgan fingerprint density at radius 1 is 0.759 bits per heavy atom. The Hall–Kier alpha value is -2.07. The van der Waals surface area contributed by atoms with Crippen molar-refractivity contribution in [2.75, 3.05) is 6.67 Å². The lowest BCUT2D eigenvalue weighted by Crippen LogP contribution is -2.40. The Morgan fingerprint density at radius 2 is 1.24 bits per heavy atom. The van der Waals surface area contributed by atoms with Gasteiger partial charge in [0.2, 0.25) is 0 Å². The van der Waals surface area contributed by atoms with Crippen LogP contribution in [0.1, 0.15) is 11.6 Å². The fraction of sp³-hybridized carbons (Fsp3) is 0.100. The molecule has 0 aliphatic rings. The van der Waals surface area contributed by atoms with E-state index in [9.17, 15) is 21.2 Å². The second kappa shape index (κ2) is 8.74. The van der Waals surface area contributed by atoms with Crippen molar-refractivity contribution in [1.29, 1.82) is 0 Å². The number of alkyl halides is 1. The minimum absolute atomic E-state index is 0.209. The number of benzene rings is 3. The summed E-state index contributed by atoms with van der Waals surface area (Å²) in [6.07, 6.45) is 0. The maximum atomic E-state index is 14.2. The first-order valence-electron chi connectivity index (χ1n) is 8.49. The van der Waals surface area contributed by atoms with Crippen molar-refractivity contribution < 1.29 is 21.2 Å². The Kier molecular flexibility index (Phi) is 6.52. The zero-order valence-electron chi connectivity index (χ0n) is 15.0. The number of rotatable bonds is 7. The molecule has 0 radical (unpaired) electrons. The topological polar surface area (TPSA) is 71.5 Å². The van der Waals surface area contributed by atoms with Gasteiger partial charge in [0.05, 0.1) is 15.8 Å². The molecule has 0 amide bonds. The van der Waals surface area contributed by atoms with Crippen molar-refractivity contribution in [3.63, 3.8) is 0 Å². The van der Waals surface area contributed by atoms with E-state index < -0.39 is 32.8 Å². The van der Waals surface area contributed by atoms with Crippen LogP contribution in [0, 0.1) is 0 Å². The normalized spacial score (nSPS) is 13.3. The fourth-order valence-electron chi connectivity index (χ4n) is 2.84. The third-order valence-electron chi connectivity index (χ3n) is 4.19. The summed E-state index contributed by atoms with van der Waals surface area (Å²) in [7, 11) is -9.18. The van der Waals surface area contributed by atoms with E-state index in [1.54, 1.807) is 24.3 Å². The summed E-state index contributed by atoms with van der Waals surface area (Å²) >= 11 is 3.26. The molecule has 5 nitrogen and oxygen atoms in total. The molecule has 3 aromatic rings. The van der Waals surface area contributed by atoms with Gasteiger partial charge in [-0.3, -0.25) is 0 Å². The highest BCUT2D eigenvalue weighted by atomic mass is 79.9. The van der Waals surface area contributed by atoms with Crippen LogP contribution in [0.3, 0.4) is 0 Å². The standard InChI is InChI=1S/C20H17BrFNO4S2/c21-17-9-7-8-16(14-17)20(15-22)23(28(24,25)18-10-3-1-4-11-18)29(26,27)19-12-5-2-6-13-19/h1-14,20H,15H2. The van der Waals surface area contributed by atoms with Crippen LogP contribution >= 0.6 is 15.9 Å². The van der Waals surface area contributed by atoms with Gasteiger partial charge in [0, 0.05) is 4.47 Å².